The van der Waals surface area contributed by atoms with Gasteiger partial charge >= 0.3 is 0 Å². The smallest absolute Gasteiger partial charge is 0.255 e. The van der Waals surface area contributed by atoms with Crippen LogP contribution in [0.3, 0.4) is 0 Å². The molecule has 2 aromatic rings. The highest BCUT2D eigenvalue weighted by atomic mass is 16.5. The van der Waals surface area contributed by atoms with Crippen LogP contribution in [-0.2, 0) is 22.6 Å². The fourth-order valence-electron chi connectivity index (χ4n) is 3.80. The van der Waals surface area contributed by atoms with Crippen LogP contribution >= 0.6 is 0 Å². The molecule has 0 aromatic heterocycles. The number of ether oxygens (including phenoxy) is 3. The van der Waals surface area contributed by atoms with E-state index in [1.54, 1.807) is 6.07 Å². The third kappa shape index (κ3) is 5.81. The van der Waals surface area contributed by atoms with E-state index in [0.717, 1.165) is 57.9 Å². The van der Waals surface area contributed by atoms with Gasteiger partial charge in [0, 0.05) is 32.8 Å². The maximum atomic E-state index is 12.7. The van der Waals surface area contributed by atoms with Gasteiger partial charge in [0.05, 0.1) is 24.9 Å². The van der Waals surface area contributed by atoms with Gasteiger partial charge in [0.15, 0.2) is 0 Å². The second kappa shape index (κ2) is 10.6. The molecule has 30 heavy (non-hydrogen) atoms. The summed E-state index contributed by atoms with van der Waals surface area (Å²) < 4.78 is 16.9. The molecule has 1 N–H and O–H groups in total. The highest BCUT2D eigenvalue weighted by Gasteiger charge is 2.18. The van der Waals surface area contributed by atoms with Crippen LogP contribution in [-0.4, -0.2) is 56.4 Å². The average Bonchev–Trinajstić information content (AvgIpc) is 3.32. The van der Waals surface area contributed by atoms with Crippen molar-refractivity contribution in [1.29, 1.82) is 0 Å². The van der Waals surface area contributed by atoms with Gasteiger partial charge in [-0.1, -0.05) is 36.4 Å². The molecule has 2 saturated heterocycles. The van der Waals surface area contributed by atoms with E-state index >= 15 is 0 Å². The summed E-state index contributed by atoms with van der Waals surface area (Å²) in [5.41, 5.74) is 2.91. The molecule has 1 amide bonds. The maximum Gasteiger partial charge on any atom is 0.255 e. The topological polar surface area (TPSA) is 60.0 Å². The molecule has 6 heteroatoms. The summed E-state index contributed by atoms with van der Waals surface area (Å²) in [5, 5.41) is 3.01. The SMILES string of the molecule is O=C(NCc1ccc(CN2CCOCC2)cc1)c1ccccc1OCC1CCCO1. The fraction of sp³-hybridized carbons (Fsp3) is 0.458. The van der Waals surface area contributed by atoms with E-state index in [4.69, 9.17) is 14.2 Å². The van der Waals surface area contributed by atoms with Gasteiger partial charge in [-0.05, 0) is 36.1 Å². The standard InChI is InChI=1S/C24H30N2O4/c27-24(22-5-1-2-6-23(22)30-18-21-4-3-13-29-21)25-16-19-7-9-20(10-8-19)17-26-11-14-28-15-12-26/h1-2,5-10,21H,3-4,11-18H2,(H,25,27). The van der Waals surface area contributed by atoms with Crippen molar-refractivity contribution in [3.8, 4) is 5.75 Å². The molecule has 1 atom stereocenters. The molecule has 0 radical (unpaired) electrons. The van der Waals surface area contributed by atoms with Crippen LogP contribution < -0.4 is 10.1 Å². The Bertz CT molecular complexity index is 812. The highest BCUT2D eigenvalue weighted by molar-refractivity contribution is 5.96. The van der Waals surface area contributed by atoms with Gasteiger partial charge in [0.25, 0.3) is 5.91 Å². The average molecular weight is 411 g/mol. The molecule has 4 rings (SSSR count). The first-order valence-corrected chi connectivity index (χ1v) is 10.8. The number of carbonyl (C=O) groups is 1. The molecule has 6 nitrogen and oxygen atoms in total. The molecule has 2 aromatic carbocycles. The monoisotopic (exact) mass is 410 g/mol. The Labute approximate surface area is 178 Å². The summed E-state index contributed by atoms with van der Waals surface area (Å²) in [7, 11) is 0. The van der Waals surface area contributed by atoms with Crippen LogP contribution in [0.1, 0.15) is 34.3 Å². The molecule has 0 saturated carbocycles. The zero-order chi connectivity index (χ0) is 20.6. The van der Waals surface area contributed by atoms with Crippen molar-refractivity contribution in [2.24, 2.45) is 0 Å². The van der Waals surface area contributed by atoms with Crippen molar-refractivity contribution < 1.29 is 19.0 Å². The number of amides is 1. The summed E-state index contributed by atoms with van der Waals surface area (Å²) in [6, 6.07) is 15.8. The fourth-order valence-corrected chi connectivity index (χ4v) is 3.80. The number of carbonyl (C=O) groups excluding carboxylic acids is 1. The Morgan fingerprint density at radius 3 is 2.57 bits per heavy atom. The third-order valence-electron chi connectivity index (χ3n) is 5.57. The van der Waals surface area contributed by atoms with Crippen molar-refractivity contribution in [2.45, 2.75) is 32.0 Å². The van der Waals surface area contributed by atoms with Crippen LogP contribution in [0.2, 0.25) is 0 Å². The molecule has 2 aliphatic heterocycles. The minimum Gasteiger partial charge on any atom is -0.490 e. The summed E-state index contributed by atoms with van der Waals surface area (Å²) in [6.07, 6.45) is 2.20. The molecule has 0 aliphatic carbocycles. The minimum atomic E-state index is -0.129. The quantitative estimate of drug-likeness (QED) is 0.725. The first-order valence-electron chi connectivity index (χ1n) is 10.8. The van der Waals surface area contributed by atoms with Crippen molar-refractivity contribution in [2.75, 3.05) is 39.5 Å². The number of nitrogens with zero attached hydrogens (tertiary/aromatic N) is 1. The zero-order valence-electron chi connectivity index (χ0n) is 17.3. The first kappa shape index (κ1) is 20.8. The van der Waals surface area contributed by atoms with E-state index in [-0.39, 0.29) is 12.0 Å². The van der Waals surface area contributed by atoms with E-state index in [1.165, 1.54) is 5.56 Å². The molecule has 2 fully saturated rings. The summed E-state index contributed by atoms with van der Waals surface area (Å²) in [4.78, 5) is 15.1. The molecule has 1 unspecified atom stereocenters. The van der Waals surface area contributed by atoms with E-state index < -0.39 is 0 Å². The van der Waals surface area contributed by atoms with Gasteiger partial charge in [-0.15, -0.1) is 0 Å². The zero-order valence-corrected chi connectivity index (χ0v) is 17.3. The largest absolute Gasteiger partial charge is 0.490 e. The van der Waals surface area contributed by atoms with E-state index in [2.05, 4.69) is 34.5 Å². The van der Waals surface area contributed by atoms with Gasteiger partial charge in [-0.2, -0.15) is 0 Å². The number of nitrogens with one attached hydrogen (secondary N) is 1. The number of para-hydroxylation sites is 1. The number of rotatable bonds is 8. The van der Waals surface area contributed by atoms with Gasteiger partial charge in [-0.25, -0.2) is 0 Å². The lowest BCUT2D eigenvalue weighted by atomic mass is 10.1. The minimum absolute atomic E-state index is 0.122. The van der Waals surface area contributed by atoms with E-state index in [9.17, 15) is 4.79 Å². The van der Waals surface area contributed by atoms with E-state index in [0.29, 0.717) is 24.5 Å². The maximum absolute atomic E-state index is 12.7. The Balaban J connectivity index is 1.28. The first-order chi connectivity index (χ1) is 14.8. The number of hydrogen-bond donors (Lipinski definition) is 1. The van der Waals surface area contributed by atoms with Crippen molar-refractivity contribution in [3.63, 3.8) is 0 Å². The van der Waals surface area contributed by atoms with Crippen LogP contribution in [0.15, 0.2) is 48.5 Å². The van der Waals surface area contributed by atoms with Crippen molar-refractivity contribution in [3.05, 3.63) is 65.2 Å². The summed E-state index contributed by atoms with van der Waals surface area (Å²) >= 11 is 0. The molecular formula is C24H30N2O4. The molecular weight excluding hydrogens is 380 g/mol. The second-order valence-electron chi connectivity index (χ2n) is 7.83. The Hall–Kier alpha value is -2.41. The third-order valence-corrected chi connectivity index (χ3v) is 5.57. The second-order valence-corrected chi connectivity index (χ2v) is 7.83. The Morgan fingerprint density at radius 1 is 1.03 bits per heavy atom. The van der Waals surface area contributed by atoms with Crippen molar-refractivity contribution >= 4 is 5.91 Å². The lowest BCUT2D eigenvalue weighted by Gasteiger charge is -2.26. The van der Waals surface area contributed by atoms with Crippen LogP contribution in [0, 0.1) is 0 Å². The molecule has 160 valence electrons. The summed E-state index contributed by atoms with van der Waals surface area (Å²) in [5.74, 6) is 0.474. The molecule has 2 aliphatic rings. The van der Waals surface area contributed by atoms with Crippen LogP contribution in [0.25, 0.3) is 0 Å². The van der Waals surface area contributed by atoms with Gasteiger partial charge in [0.2, 0.25) is 0 Å². The molecule has 2 heterocycles. The Morgan fingerprint density at radius 2 is 1.80 bits per heavy atom. The number of morpholine rings is 1. The lowest BCUT2D eigenvalue weighted by Crippen LogP contribution is -2.35. The normalized spacial score (nSPS) is 19.5. The lowest BCUT2D eigenvalue weighted by molar-refractivity contribution is 0.0342. The van der Waals surface area contributed by atoms with Gasteiger partial charge < -0.3 is 19.5 Å². The van der Waals surface area contributed by atoms with Gasteiger partial charge in [0.1, 0.15) is 12.4 Å². The molecule has 0 spiro atoms. The predicted molar refractivity (Wildman–Crippen MR) is 115 cm³/mol. The molecule has 0 bridgehead atoms. The number of hydrogen-bond acceptors (Lipinski definition) is 5. The Kier molecular flexibility index (Phi) is 7.34. The number of benzene rings is 2. The van der Waals surface area contributed by atoms with Crippen molar-refractivity contribution in [1.82, 2.24) is 10.2 Å². The van der Waals surface area contributed by atoms with Gasteiger partial charge in [-0.3, -0.25) is 9.69 Å². The van der Waals surface area contributed by atoms with Crippen LogP contribution in [0.4, 0.5) is 0 Å². The summed E-state index contributed by atoms with van der Waals surface area (Å²) in [6.45, 7) is 6.27. The van der Waals surface area contributed by atoms with E-state index in [1.807, 2.05) is 18.2 Å². The van der Waals surface area contributed by atoms with Crippen LogP contribution in [0.5, 0.6) is 5.75 Å². The predicted octanol–water partition coefficient (Wildman–Crippen LogP) is 3.01. The highest BCUT2D eigenvalue weighted by Crippen LogP contribution is 2.20.